The summed E-state index contributed by atoms with van der Waals surface area (Å²) in [6.07, 6.45) is 6.55. The molecule has 4 heteroatoms. The van der Waals surface area contributed by atoms with Crippen molar-refractivity contribution in [3.05, 3.63) is 29.3 Å². The third-order valence-electron chi connectivity index (χ3n) is 3.94. The zero-order chi connectivity index (χ0) is 13.9. The van der Waals surface area contributed by atoms with Gasteiger partial charge in [0.25, 0.3) is 0 Å². The summed E-state index contributed by atoms with van der Waals surface area (Å²) in [6.45, 7) is 2.26. The van der Waals surface area contributed by atoms with Crippen molar-refractivity contribution in [1.82, 2.24) is 5.32 Å². The van der Waals surface area contributed by atoms with Gasteiger partial charge in [0, 0.05) is 0 Å². The molecule has 0 amide bonds. The van der Waals surface area contributed by atoms with Gasteiger partial charge >= 0.3 is 0 Å². The number of hydrogen-bond donors (Lipinski definition) is 1. The highest BCUT2D eigenvalue weighted by Crippen LogP contribution is 2.37. The summed E-state index contributed by atoms with van der Waals surface area (Å²) in [6, 6.07) is 3.62. The number of fused-ring (bicyclic) bond motifs is 1. The lowest BCUT2D eigenvalue weighted by molar-refractivity contribution is 0.0961. The van der Waals surface area contributed by atoms with Crippen LogP contribution in [0.5, 0.6) is 11.5 Å². The smallest absolute Gasteiger partial charge is 0.203 e. The van der Waals surface area contributed by atoms with Gasteiger partial charge in [-0.25, -0.2) is 0 Å². The maximum atomic E-state index is 11.7. The van der Waals surface area contributed by atoms with Crippen molar-refractivity contribution in [3.8, 4) is 11.5 Å². The van der Waals surface area contributed by atoms with E-state index >= 15 is 0 Å². The van der Waals surface area contributed by atoms with E-state index < -0.39 is 0 Å². The Morgan fingerprint density at radius 3 is 2.90 bits per heavy atom. The molecule has 1 aromatic rings. The van der Waals surface area contributed by atoms with Crippen LogP contribution in [0.3, 0.4) is 0 Å². The number of rotatable bonds is 3. The lowest BCUT2D eigenvalue weighted by Gasteiger charge is -2.19. The minimum Gasteiger partial charge on any atom is -0.496 e. The molecule has 106 valence electrons. The summed E-state index contributed by atoms with van der Waals surface area (Å²) >= 11 is 0. The third kappa shape index (κ3) is 2.43. The van der Waals surface area contributed by atoms with E-state index in [0.29, 0.717) is 17.2 Å². The highest BCUT2D eigenvalue weighted by Gasteiger charge is 2.25. The first-order chi connectivity index (χ1) is 9.79. The second-order valence-electron chi connectivity index (χ2n) is 5.22. The molecular formula is C16H19NO3. The fourth-order valence-corrected chi connectivity index (χ4v) is 2.78. The fourth-order valence-electron chi connectivity index (χ4n) is 2.78. The zero-order valence-corrected chi connectivity index (χ0v) is 11.6. The van der Waals surface area contributed by atoms with E-state index in [-0.39, 0.29) is 12.4 Å². The lowest BCUT2D eigenvalue weighted by Crippen LogP contribution is -2.26. The van der Waals surface area contributed by atoms with Gasteiger partial charge in [-0.1, -0.05) is 12.2 Å². The summed E-state index contributed by atoms with van der Waals surface area (Å²) in [4.78, 5) is 11.7. The van der Waals surface area contributed by atoms with Crippen LogP contribution in [0.15, 0.2) is 18.2 Å². The summed E-state index contributed by atoms with van der Waals surface area (Å²) in [5.41, 5.74) is 1.55. The molecule has 0 aliphatic carbocycles. The van der Waals surface area contributed by atoms with Gasteiger partial charge in [-0.15, -0.1) is 0 Å². The Morgan fingerprint density at radius 1 is 1.35 bits per heavy atom. The molecule has 2 heterocycles. The Hall–Kier alpha value is -1.81. The van der Waals surface area contributed by atoms with Crippen molar-refractivity contribution in [2.75, 3.05) is 26.8 Å². The second-order valence-corrected chi connectivity index (χ2v) is 5.22. The van der Waals surface area contributed by atoms with Crippen molar-refractivity contribution < 1.29 is 14.3 Å². The molecule has 1 aromatic carbocycles. The van der Waals surface area contributed by atoms with Gasteiger partial charge in [0.05, 0.1) is 18.2 Å². The third-order valence-corrected chi connectivity index (χ3v) is 3.94. The van der Waals surface area contributed by atoms with E-state index in [0.717, 1.165) is 37.2 Å². The molecule has 1 fully saturated rings. The number of benzene rings is 1. The van der Waals surface area contributed by atoms with E-state index in [9.17, 15) is 4.79 Å². The van der Waals surface area contributed by atoms with E-state index in [1.54, 1.807) is 13.2 Å². The highest BCUT2D eigenvalue weighted by atomic mass is 16.5. The van der Waals surface area contributed by atoms with Gasteiger partial charge in [-0.3, -0.25) is 4.79 Å². The van der Waals surface area contributed by atoms with Crippen LogP contribution in [0.1, 0.15) is 28.8 Å². The van der Waals surface area contributed by atoms with Crippen LogP contribution in [-0.4, -0.2) is 32.6 Å². The van der Waals surface area contributed by atoms with Crippen molar-refractivity contribution in [3.63, 3.8) is 0 Å². The molecule has 0 radical (unpaired) electrons. The number of carbonyl (C=O) groups excluding carboxylic acids is 1. The molecule has 0 aromatic heterocycles. The number of allylic oxidation sites excluding steroid dienone is 1. The molecule has 1 saturated heterocycles. The summed E-state index contributed by atoms with van der Waals surface area (Å²) < 4.78 is 10.9. The molecule has 0 spiro atoms. The lowest BCUT2D eigenvalue weighted by atomic mass is 9.96. The van der Waals surface area contributed by atoms with Crippen molar-refractivity contribution in [2.24, 2.45) is 5.92 Å². The quantitative estimate of drug-likeness (QED) is 0.918. The SMILES string of the molecule is COc1ccc2c(c1/C=C/C1CCNCC1)OCC2=O. The normalized spacial score (nSPS) is 19.1. The summed E-state index contributed by atoms with van der Waals surface area (Å²) in [5, 5.41) is 3.35. The zero-order valence-electron chi connectivity index (χ0n) is 11.6. The number of Topliss-reactive ketones (excluding diaryl/α,β-unsaturated/α-hetero) is 1. The fraction of sp³-hybridized carbons (Fsp3) is 0.438. The summed E-state index contributed by atoms with van der Waals surface area (Å²) in [7, 11) is 1.64. The number of hydrogen-bond acceptors (Lipinski definition) is 4. The number of ketones is 1. The van der Waals surface area contributed by atoms with Crippen LogP contribution < -0.4 is 14.8 Å². The van der Waals surface area contributed by atoms with E-state index in [1.165, 1.54) is 0 Å². The van der Waals surface area contributed by atoms with Gasteiger partial charge in [0.1, 0.15) is 11.5 Å². The number of methoxy groups -OCH3 is 1. The Labute approximate surface area is 118 Å². The van der Waals surface area contributed by atoms with Gasteiger partial charge < -0.3 is 14.8 Å². The second kappa shape index (κ2) is 5.67. The molecule has 0 unspecified atom stereocenters. The summed E-state index contributed by atoms with van der Waals surface area (Å²) in [5.74, 6) is 2.04. The van der Waals surface area contributed by atoms with Crippen LogP contribution in [0, 0.1) is 5.92 Å². The van der Waals surface area contributed by atoms with Crippen LogP contribution in [0.2, 0.25) is 0 Å². The maximum Gasteiger partial charge on any atom is 0.203 e. The highest BCUT2D eigenvalue weighted by molar-refractivity contribution is 6.03. The predicted molar refractivity (Wildman–Crippen MR) is 77.4 cm³/mol. The minimum absolute atomic E-state index is 0.0409. The van der Waals surface area contributed by atoms with Crippen molar-refractivity contribution in [1.29, 1.82) is 0 Å². The van der Waals surface area contributed by atoms with Crippen molar-refractivity contribution >= 4 is 11.9 Å². The van der Waals surface area contributed by atoms with Crippen LogP contribution >= 0.6 is 0 Å². The molecule has 0 atom stereocenters. The molecule has 4 nitrogen and oxygen atoms in total. The number of nitrogens with one attached hydrogen (secondary N) is 1. The van der Waals surface area contributed by atoms with E-state index in [1.807, 2.05) is 12.1 Å². The average molecular weight is 273 g/mol. The van der Waals surface area contributed by atoms with Crippen LogP contribution in [0.4, 0.5) is 0 Å². The standard InChI is InChI=1S/C16H19NO3/c1-19-15-5-4-12-14(18)10-20-16(12)13(15)3-2-11-6-8-17-9-7-11/h2-5,11,17H,6-10H2,1H3/b3-2+. The number of piperidine rings is 1. The topological polar surface area (TPSA) is 47.6 Å². The van der Waals surface area contributed by atoms with Gasteiger partial charge in [0.15, 0.2) is 6.61 Å². The predicted octanol–water partition coefficient (Wildman–Crippen LogP) is 2.28. The van der Waals surface area contributed by atoms with Gasteiger partial charge in [-0.05, 0) is 44.0 Å². The van der Waals surface area contributed by atoms with Crippen molar-refractivity contribution in [2.45, 2.75) is 12.8 Å². The van der Waals surface area contributed by atoms with E-state index in [2.05, 4.69) is 11.4 Å². The first kappa shape index (κ1) is 13.2. The molecule has 2 aliphatic heterocycles. The van der Waals surface area contributed by atoms with Gasteiger partial charge in [-0.2, -0.15) is 0 Å². The Bertz CT molecular complexity index is 545. The van der Waals surface area contributed by atoms with Crippen LogP contribution in [-0.2, 0) is 0 Å². The minimum atomic E-state index is 0.0409. The number of ether oxygens (including phenoxy) is 2. The van der Waals surface area contributed by atoms with Gasteiger partial charge in [0.2, 0.25) is 5.78 Å². The molecular weight excluding hydrogens is 254 g/mol. The monoisotopic (exact) mass is 273 g/mol. The molecule has 20 heavy (non-hydrogen) atoms. The average Bonchev–Trinajstić information content (AvgIpc) is 2.87. The van der Waals surface area contributed by atoms with Crippen LogP contribution in [0.25, 0.3) is 6.08 Å². The Kier molecular flexibility index (Phi) is 3.74. The Balaban J connectivity index is 1.91. The molecule has 0 saturated carbocycles. The largest absolute Gasteiger partial charge is 0.496 e. The first-order valence-electron chi connectivity index (χ1n) is 7.05. The first-order valence-corrected chi connectivity index (χ1v) is 7.05. The molecule has 3 rings (SSSR count). The molecule has 1 N–H and O–H groups in total. The molecule has 2 aliphatic rings. The number of carbonyl (C=O) groups is 1. The maximum absolute atomic E-state index is 11.7. The van der Waals surface area contributed by atoms with E-state index in [4.69, 9.17) is 9.47 Å². The molecule has 0 bridgehead atoms. The Morgan fingerprint density at radius 2 is 2.15 bits per heavy atom.